The number of hydrogen-bond acceptors (Lipinski definition) is 4. The maximum Gasteiger partial charge on any atom is 0.309 e. The molecule has 2 aliphatic carbocycles. The molecule has 0 aliphatic heterocycles. The first-order valence-corrected chi connectivity index (χ1v) is 11.2. The number of amides is 1. The maximum atomic E-state index is 10.8. The largest absolute Gasteiger partial charge is 0.481 e. The molecule has 1 amide bonds. The van der Waals surface area contributed by atoms with Crippen LogP contribution in [-0.4, -0.2) is 39.4 Å². The molecule has 5 N–H and O–H groups in total. The summed E-state index contributed by atoms with van der Waals surface area (Å²) < 4.78 is 0. The molecule has 6 heteroatoms. The van der Waals surface area contributed by atoms with Crippen molar-refractivity contribution in [1.82, 2.24) is 0 Å². The molecule has 30 heavy (non-hydrogen) atoms. The van der Waals surface area contributed by atoms with Crippen molar-refractivity contribution >= 4 is 11.9 Å². The van der Waals surface area contributed by atoms with E-state index >= 15 is 0 Å². The zero-order valence-corrected chi connectivity index (χ0v) is 19.0. The van der Waals surface area contributed by atoms with Gasteiger partial charge in [-0.15, -0.1) is 0 Å². The van der Waals surface area contributed by atoms with E-state index in [1.807, 2.05) is 6.92 Å². The third-order valence-corrected chi connectivity index (χ3v) is 6.59. The molecule has 0 saturated heterocycles. The zero-order chi connectivity index (χ0) is 22.9. The van der Waals surface area contributed by atoms with Gasteiger partial charge in [0, 0.05) is 0 Å². The minimum absolute atomic E-state index is 0.0743. The van der Waals surface area contributed by atoms with E-state index in [1.54, 1.807) is 13.8 Å². The van der Waals surface area contributed by atoms with Gasteiger partial charge in [-0.1, -0.05) is 32.1 Å². The highest BCUT2D eigenvalue weighted by Crippen LogP contribution is 2.42. The average Bonchev–Trinajstić information content (AvgIpc) is 2.66. The number of hydrogen-bond donors (Lipinski definition) is 4. The number of fused-ring (bicyclic) bond motifs is 1. The normalized spacial score (nSPS) is 25.3. The van der Waals surface area contributed by atoms with Crippen LogP contribution < -0.4 is 5.73 Å². The molecule has 0 aromatic heterocycles. The first-order chi connectivity index (χ1) is 14.0. The van der Waals surface area contributed by atoms with Crippen LogP contribution in [0.3, 0.4) is 0 Å². The van der Waals surface area contributed by atoms with E-state index in [9.17, 15) is 19.8 Å². The lowest BCUT2D eigenvalue weighted by atomic mass is 9.68. The van der Waals surface area contributed by atoms with Crippen molar-refractivity contribution in [1.29, 1.82) is 0 Å². The minimum Gasteiger partial charge on any atom is -0.481 e. The lowest BCUT2D eigenvalue weighted by Crippen LogP contribution is -2.29. The quantitative estimate of drug-likeness (QED) is 0.449. The number of carbonyl (C=O) groups is 2. The number of allylic oxidation sites excluding steroid dienone is 4. The Morgan fingerprint density at radius 3 is 2.47 bits per heavy atom. The number of primary amides is 1. The molecular weight excluding hydrogens is 382 g/mol. The number of nitrogens with two attached hydrogens (primary N) is 1. The van der Waals surface area contributed by atoms with Crippen molar-refractivity contribution in [2.45, 2.75) is 91.3 Å². The summed E-state index contributed by atoms with van der Waals surface area (Å²) >= 11 is 0. The van der Waals surface area contributed by atoms with Gasteiger partial charge in [-0.2, -0.15) is 0 Å². The summed E-state index contributed by atoms with van der Waals surface area (Å²) in [4.78, 5) is 21.0. The Bertz CT molecular complexity index is 625. The van der Waals surface area contributed by atoms with Gasteiger partial charge in [0.1, 0.15) is 0 Å². The van der Waals surface area contributed by atoms with Crippen molar-refractivity contribution in [2.75, 3.05) is 0 Å². The third kappa shape index (κ3) is 8.60. The number of carboxylic acid groups (broad SMARTS) is 1. The minimum atomic E-state index is -0.832. The fraction of sp³-hybridized carbons (Fsp3) is 0.750. The van der Waals surface area contributed by atoms with Crippen molar-refractivity contribution in [3.8, 4) is 0 Å². The Hall–Kier alpha value is -1.66. The fourth-order valence-electron chi connectivity index (χ4n) is 4.10. The van der Waals surface area contributed by atoms with Gasteiger partial charge in [-0.05, 0) is 82.1 Å². The molecule has 0 bridgehead atoms. The molecule has 0 heterocycles. The van der Waals surface area contributed by atoms with Gasteiger partial charge >= 0.3 is 5.97 Å². The molecule has 5 atom stereocenters. The molecule has 0 saturated carbocycles. The van der Waals surface area contributed by atoms with Gasteiger partial charge in [0.25, 0.3) is 0 Å². The van der Waals surface area contributed by atoms with Crippen LogP contribution in [0.25, 0.3) is 0 Å². The molecule has 172 valence electrons. The Kier molecular flexibility index (Phi) is 10.8. The predicted molar refractivity (Wildman–Crippen MR) is 119 cm³/mol. The first kappa shape index (κ1) is 26.4. The second-order valence-electron chi connectivity index (χ2n) is 9.46. The van der Waals surface area contributed by atoms with Crippen LogP contribution in [0.1, 0.15) is 79.1 Å². The van der Waals surface area contributed by atoms with E-state index in [-0.39, 0.29) is 12.8 Å². The molecule has 0 fully saturated rings. The number of aliphatic hydroxyl groups excluding tert-OH is 2. The Labute approximate surface area is 181 Å². The highest BCUT2D eigenvalue weighted by atomic mass is 16.4. The maximum absolute atomic E-state index is 10.8. The van der Waals surface area contributed by atoms with Crippen LogP contribution in [0.2, 0.25) is 0 Å². The highest BCUT2D eigenvalue weighted by Gasteiger charge is 2.32. The number of rotatable bonds is 9. The van der Waals surface area contributed by atoms with Crippen molar-refractivity contribution < 1.29 is 24.9 Å². The summed E-state index contributed by atoms with van der Waals surface area (Å²) in [5, 5.41) is 28.2. The number of aliphatic hydroxyl groups is 2. The summed E-state index contributed by atoms with van der Waals surface area (Å²) in [5.74, 6) is 0.474. The molecule has 0 spiro atoms. The number of aliphatic carboxylic acids is 1. The Morgan fingerprint density at radius 2 is 1.93 bits per heavy atom. The molecule has 0 aromatic carbocycles. The molecule has 2 rings (SSSR count). The van der Waals surface area contributed by atoms with E-state index in [4.69, 9.17) is 10.8 Å². The van der Waals surface area contributed by atoms with E-state index in [2.05, 4.69) is 25.2 Å². The van der Waals surface area contributed by atoms with E-state index in [1.165, 1.54) is 24.8 Å². The smallest absolute Gasteiger partial charge is 0.309 e. The van der Waals surface area contributed by atoms with Gasteiger partial charge in [0.2, 0.25) is 5.91 Å². The Morgan fingerprint density at radius 1 is 1.27 bits per heavy atom. The summed E-state index contributed by atoms with van der Waals surface area (Å²) in [6.45, 7) is 7.56. The van der Waals surface area contributed by atoms with Crippen LogP contribution in [0, 0.1) is 23.2 Å². The molecule has 0 aromatic rings. The number of carboxylic acids is 1. The van der Waals surface area contributed by atoms with E-state index in [0.717, 1.165) is 6.42 Å². The number of carbonyl (C=O) groups excluding carboxylic acids is 1. The van der Waals surface area contributed by atoms with Gasteiger partial charge in [-0.3, -0.25) is 9.59 Å². The van der Waals surface area contributed by atoms with Crippen LogP contribution in [-0.2, 0) is 9.59 Å². The van der Waals surface area contributed by atoms with Gasteiger partial charge in [-0.25, -0.2) is 0 Å². The molecular formula is C24H41NO5. The van der Waals surface area contributed by atoms with Gasteiger partial charge in [0.15, 0.2) is 0 Å². The first-order valence-electron chi connectivity index (χ1n) is 11.2. The second-order valence-corrected chi connectivity index (χ2v) is 9.46. The van der Waals surface area contributed by atoms with Gasteiger partial charge < -0.3 is 21.1 Å². The standard InChI is InChI=1S/C18H29NO3.C6H12O2/c1-12-6-7-13-4-2-3-5-17(13)16(12)9-8-14(20)10-15(21)11-18(19)22;1-4-6(2,3)5(7)8/h4,6-7,12,14-17,20-21H,2-3,5,8-11H2,1H3,(H2,19,22);4H2,1-3H3,(H,7,8). The van der Waals surface area contributed by atoms with Crippen LogP contribution >= 0.6 is 0 Å². The predicted octanol–water partition coefficient (Wildman–Crippen LogP) is 3.81. The van der Waals surface area contributed by atoms with Crippen molar-refractivity contribution in [3.63, 3.8) is 0 Å². The summed E-state index contributed by atoms with van der Waals surface area (Å²) in [5.41, 5.74) is 5.99. The van der Waals surface area contributed by atoms with Crippen LogP contribution in [0.5, 0.6) is 0 Å². The molecule has 5 unspecified atom stereocenters. The molecule has 6 nitrogen and oxygen atoms in total. The molecule has 2 aliphatic rings. The lowest BCUT2D eigenvalue weighted by Gasteiger charge is -2.37. The van der Waals surface area contributed by atoms with Crippen LogP contribution in [0.4, 0.5) is 0 Å². The van der Waals surface area contributed by atoms with E-state index in [0.29, 0.717) is 30.6 Å². The average molecular weight is 424 g/mol. The highest BCUT2D eigenvalue weighted by molar-refractivity contribution is 5.74. The zero-order valence-electron chi connectivity index (χ0n) is 19.0. The molecule has 0 radical (unpaired) electrons. The summed E-state index contributed by atoms with van der Waals surface area (Å²) in [7, 11) is 0. The van der Waals surface area contributed by atoms with Crippen molar-refractivity contribution in [3.05, 3.63) is 23.8 Å². The lowest BCUT2D eigenvalue weighted by molar-refractivity contribution is -0.147. The van der Waals surface area contributed by atoms with Crippen LogP contribution in [0.15, 0.2) is 23.8 Å². The Balaban J connectivity index is 0.000000479. The SMILES string of the molecule is CC1C=CC2=CCCCC2C1CCC(O)CC(O)CC(N)=O.CCC(C)(C)C(=O)O. The summed E-state index contributed by atoms with van der Waals surface area (Å²) in [6.07, 6.45) is 11.7. The summed E-state index contributed by atoms with van der Waals surface area (Å²) in [6, 6.07) is 0. The monoisotopic (exact) mass is 423 g/mol. The van der Waals surface area contributed by atoms with Gasteiger partial charge in [0.05, 0.1) is 24.0 Å². The third-order valence-electron chi connectivity index (χ3n) is 6.59. The van der Waals surface area contributed by atoms with Crippen molar-refractivity contribution in [2.24, 2.45) is 28.9 Å². The fourth-order valence-corrected chi connectivity index (χ4v) is 4.10. The second kappa shape index (κ2) is 12.3. The topological polar surface area (TPSA) is 121 Å². The van der Waals surface area contributed by atoms with E-state index < -0.39 is 29.5 Å².